The van der Waals surface area contributed by atoms with Crippen molar-refractivity contribution in [3.8, 4) is 11.5 Å². The Bertz CT molecular complexity index is 604. The molecule has 0 radical (unpaired) electrons. The Balaban J connectivity index is 2.14. The summed E-state index contributed by atoms with van der Waals surface area (Å²) in [6.07, 6.45) is 0. The highest BCUT2D eigenvalue weighted by molar-refractivity contribution is 9.10. The van der Waals surface area contributed by atoms with Gasteiger partial charge in [-0.2, -0.15) is 0 Å². The summed E-state index contributed by atoms with van der Waals surface area (Å²) < 4.78 is 12.0. The zero-order chi connectivity index (χ0) is 14.5. The van der Waals surface area contributed by atoms with Crippen LogP contribution in [0.1, 0.15) is 11.1 Å². The van der Waals surface area contributed by atoms with Gasteiger partial charge in [-0.1, -0.05) is 17.7 Å². The number of hydrogen-bond donors (Lipinski definition) is 1. The molecular weight excluding hydrogens is 342 g/mol. The smallest absolute Gasteiger partial charge is 0.134 e. The van der Waals surface area contributed by atoms with Gasteiger partial charge in [0.05, 0.1) is 11.6 Å². The van der Waals surface area contributed by atoms with E-state index in [1.807, 2.05) is 30.3 Å². The average molecular weight is 357 g/mol. The van der Waals surface area contributed by atoms with Crippen molar-refractivity contribution in [1.29, 1.82) is 0 Å². The fourth-order valence-electron chi connectivity index (χ4n) is 1.80. The zero-order valence-corrected chi connectivity index (χ0v) is 13.4. The second-order valence-electron chi connectivity index (χ2n) is 4.21. The summed E-state index contributed by atoms with van der Waals surface area (Å²) >= 11 is 9.47. The molecule has 0 saturated carbocycles. The molecule has 0 unspecified atom stereocenters. The predicted molar refractivity (Wildman–Crippen MR) is 84.4 cm³/mol. The van der Waals surface area contributed by atoms with Crippen molar-refractivity contribution in [2.24, 2.45) is 5.73 Å². The van der Waals surface area contributed by atoms with E-state index < -0.39 is 0 Å². The van der Waals surface area contributed by atoms with Crippen molar-refractivity contribution in [1.82, 2.24) is 0 Å². The van der Waals surface area contributed by atoms with Gasteiger partial charge in [0.15, 0.2) is 0 Å². The van der Waals surface area contributed by atoms with Gasteiger partial charge in [-0.15, -0.1) is 0 Å². The van der Waals surface area contributed by atoms with Crippen LogP contribution in [0.5, 0.6) is 11.5 Å². The SMILES string of the molecule is COc1ccc(Cl)cc1COc1ccc(CN)cc1Br. The Kier molecular flexibility index (Phi) is 5.29. The molecule has 106 valence electrons. The normalized spacial score (nSPS) is 10.4. The largest absolute Gasteiger partial charge is 0.496 e. The highest BCUT2D eigenvalue weighted by Gasteiger charge is 2.07. The molecule has 0 heterocycles. The summed E-state index contributed by atoms with van der Waals surface area (Å²) in [6, 6.07) is 11.2. The molecule has 0 bridgehead atoms. The van der Waals surface area contributed by atoms with Gasteiger partial charge in [-0.3, -0.25) is 0 Å². The fraction of sp³-hybridized carbons (Fsp3) is 0.200. The molecule has 0 aliphatic carbocycles. The first kappa shape index (κ1) is 15.2. The van der Waals surface area contributed by atoms with E-state index in [0.717, 1.165) is 27.1 Å². The van der Waals surface area contributed by atoms with Crippen LogP contribution in [0.3, 0.4) is 0 Å². The third kappa shape index (κ3) is 3.66. The number of halogens is 2. The molecule has 3 nitrogen and oxygen atoms in total. The van der Waals surface area contributed by atoms with Crippen LogP contribution in [0.15, 0.2) is 40.9 Å². The van der Waals surface area contributed by atoms with Gasteiger partial charge in [0.25, 0.3) is 0 Å². The topological polar surface area (TPSA) is 44.5 Å². The Labute approximate surface area is 131 Å². The van der Waals surface area contributed by atoms with Gasteiger partial charge in [0.1, 0.15) is 18.1 Å². The van der Waals surface area contributed by atoms with Crippen molar-refractivity contribution < 1.29 is 9.47 Å². The van der Waals surface area contributed by atoms with Gasteiger partial charge >= 0.3 is 0 Å². The van der Waals surface area contributed by atoms with Crippen LogP contribution in [-0.2, 0) is 13.2 Å². The lowest BCUT2D eigenvalue weighted by atomic mass is 10.2. The van der Waals surface area contributed by atoms with E-state index in [1.54, 1.807) is 13.2 Å². The summed E-state index contributed by atoms with van der Waals surface area (Å²) in [6.45, 7) is 0.880. The first-order valence-electron chi connectivity index (χ1n) is 6.07. The minimum absolute atomic E-state index is 0.379. The quantitative estimate of drug-likeness (QED) is 0.875. The summed E-state index contributed by atoms with van der Waals surface area (Å²) in [5.74, 6) is 1.51. The van der Waals surface area contributed by atoms with Crippen LogP contribution in [0.25, 0.3) is 0 Å². The molecule has 2 N–H and O–H groups in total. The van der Waals surface area contributed by atoms with Crippen LogP contribution in [-0.4, -0.2) is 7.11 Å². The molecule has 0 fully saturated rings. The lowest BCUT2D eigenvalue weighted by Crippen LogP contribution is -2.00. The maximum absolute atomic E-state index is 5.99. The van der Waals surface area contributed by atoms with Gasteiger partial charge in [-0.25, -0.2) is 0 Å². The van der Waals surface area contributed by atoms with Crippen molar-refractivity contribution in [2.45, 2.75) is 13.2 Å². The Morgan fingerprint density at radius 1 is 1.15 bits per heavy atom. The monoisotopic (exact) mass is 355 g/mol. The lowest BCUT2D eigenvalue weighted by Gasteiger charge is -2.12. The molecule has 2 rings (SSSR count). The minimum Gasteiger partial charge on any atom is -0.496 e. The maximum Gasteiger partial charge on any atom is 0.134 e. The molecule has 2 aromatic carbocycles. The summed E-state index contributed by atoms with van der Waals surface area (Å²) in [7, 11) is 1.62. The Hall–Kier alpha value is -1.23. The summed E-state index contributed by atoms with van der Waals surface area (Å²) in [5.41, 5.74) is 7.54. The number of nitrogens with two attached hydrogens (primary N) is 1. The summed E-state index contributed by atoms with van der Waals surface area (Å²) in [4.78, 5) is 0. The lowest BCUT2D eigenvalue weighted by molar-refractivity contribution is 0.295. The highest BCUT2D eigenvalue weighted by atomic mass is 79.9. The molecule has 0 aromatic heterocycles. The van der Waals surface area contributed by atoms with Crippen LogP contribution in [0, 0.1) is 0 Å². The third-order valence-corrected chi connectivity index (χ3v) is 3.71. The molecule has 0 saturated heterocycles. The average Bonchev–Trinajstić information content (AvgIpc) is 2.46. The molecule has 0 aliphatic heterocycles. The third-order valence-electron chi connectivity index (χ3n) is 2.86. The standard InChI is InChI=1S/C15H15BrClNO2/c1-19-14-5-3-12(17)7-11(14)9-20-15-4-2-10(8-18)6-13(15)16/h2-7H,8-9,18H2,1H3. The maximum atomic E-state index is 5.99. The molecule has 0 aliphatic rings. The number of hydrogen-bond acceptors (Lipinski definition) is 3. The first-order valence-corrected chi connectivity index (χ1v) is 7.25. The Morgan fingerprint density at radius 2 is 1.90 bits per heavy atom. The number of methoxy groups -OCH3 is 1. The zero-order valence-electron chi connectivity index (χ0n) is 11.0. The van der Waals surface area contributed by atoms with Gasteiger partial charge in [0.2, 0.25) is 0 Å². The van der Waals surface area contributed by atoms with Gasteiger partial charge in [-0.05, 0) is 51.8 Å². The number of rotatable bonds is 5. The van der Waals surface area contributed by atoms with Gasteiger partial charge in [0, 0.05) is 17.1 Å². The van der Waals surface area contributed by atoms with Crippen molar-refractivity contribution >= 4 is 27.5 Å². The van der Waals surface area contributed by atoms with E-state index in [0.29, 0.717) is 18.2 Å². The molecule has 0 spiro atoms. The second kappa shape index (κ2) is 6.97. The van der Waals surface area contributed by atoms with Crippen molar-refractivity contribution in [2.75, 3.05) is 7.11 Å². The van der Waals surface area contributed by atoms with E-state index in [4.69, 9.17) is 26.8 Å². The molecule has 5 heteroatoms. The highest BCUT2D eigenvalue weighted by Crippen LogP contribution is 2.29. The van der Waals surface area contributed by atoms with Gasteiger partial charge < -0.3 is 15.2 Å². The van der Waals surface area contributed by atoms with Crippen LogP contribution < -0.4 is 15.2 Å². The fourth-order valence-corrected chi connectivity index (χ4v) is 2.54. The second-order valence-corrected chi connectivity index (χ2v) is 5.50. The van der Waals surface area contributed by atoms with E-state index in [9.17, 15) is 0 Å². The van der Waals surface area contributed by atoms with Crippen LogP contribution >= 0.6 is 27.5 Å². The van der Waals surface area contributed by atoms with E-state index >= 15 is 0 Å². The number of ether oxygens (including phenoxy) is 2. The van der Waals surface area contributed by atoms with Crippen molar-refractivity contribution in [3.63, 3.8) is 0 Å². The predicted octanol–water partition coefficient (Wildman–Crippen LogP) is 4.15. The summed E-state index contributed by atoms with van der Waals surface area (Å²) in [5, 5.41) is 0.655. The van der Waals surface area contributed by atoms with E-state index in [2.05, 4.69) is 15.9 Å². The molecule has 20 heavy (non-hydrogen) atoms. The van der Waals surface area contributed by atoms with Crippen LogP contribution in [0.2, 0.25) is 5.02 Å². The molecular formula is C15H15BrClNO2. The Morgan fingerprint density at radius 3 is 2.55 bits per heavy atom. The van der Waals surface area contributed by atoms with E-state index in [-0.39, 0.29) is 0 Å². The van der Waals surface area contributed by atoms with Crippen LogP contribution in [0.4, 0.5) is 0 Å². The first-order chi connectivity index (χ1) is 9.63. The molecule has 2 aromatic rings. The van der Waals surface area contributed by atoms with E-state index in [1.165, 1.54) is 0 Å². The molecule has 0 atom stereocenters. The molecule has 0 amide bonds. The number of benzene rings is 2. The minimum atomic E-state index is 0.379. The van der Waals surface area contributed by atoms with Crippen molar-refractivity contribution in [3.05, 3.63) is 57.0 Å².